The van der Waals surface area contributed by atoms with E-state index in [-0.39, 0.29) is 11.8 Å². The number of hydrazine groups is 1. The summed E-state index contributed by atoms with van der Waals surface area (Å²) in [5.41, 5.74) is 7.60. The average molecular weight is 367 g/mol. The van der Waals surface area contributed by atoms with Gasteiger partial charge in [0.05, 0.1) is 4.90 Å². The Bertz CT molecular complexity index is 712. The molecule has 142 valence electrons. The van der Waals surface area contributed by atoms with Crippen molar-refractivity contribution >= 4 is 10.0 Å². The largest absolute Gasteiger partial charge is 0.312 e. The first-order chi connectivity index (χ1) is 11.4. The maximum absolute atomic E-state index is 13.1. The Morgan fingerprint density at radius 3 is 1.60 bits per heavy atom. The summed E-state index contributed by atoms with van der Waals surface area (Å²) in [6.07, 6.45) is 0. The van der Waals surface area contributed by atoms with Crippen molar-refractivity contribution in [2.24, 2.45) is 0 Å². The predicted octanol–water partition coefficient (Wildman–Crippen LogP) is 5.15. The average Bonchev–Trinajstić information content (AvgIpc) is 2.50. The Balaban J connectivity index is 3.58. The first-order valence-corrected chi connectivity index (χ1v) is 10.5. The van der Waals surface area contributed by atoms with Crippen molar-refractivity contribution in [3.63, 3.8) is 0 Å². The standard InChI is InChI=1S/C20H34N2O2S/c1-12(2)16(9)21-22-25(23,24)20-18(14(5)6)10-17(13(3)4)11-19(20)15(7)8/h10-11,13-15,21-22H,1-9H3. The summed E-state index contributed by atoms with van der Waals surface area (Å²) < 4.78 is 26.2. The molecule has 0 unspecified atom stereocenters. The molecule has 0 bridgehead atoms. The summed E-state index contributed by atoms with van der Waals surface area (Å²) in [6, 6.07) is 4.09. The molecule has 4 nitrogen and oxygen atoms in total. The number of sulfonamides is 1. The lowest BCUT2D eigenvalue weighted by Crippen LogP contribution is -2.37. The van der Waals surface area contributed by atoms with E-state index in [0.29, 0.717) is 10.8 Å². The number of hydrogen-bond acceptors (Lipinski definition) is 3. The number of hydrogen-bond donors (Lipinski definition) is 2. The van der Waals surface area contributed by atoms with Gasteiger partial charge in [0, 0.05) is 5.70 Å². The van der Waals surface area contributed by atoms with E-state index in [9.17, 15) is 8.42 Å². The minimum atomic E-state index is -3.68. The highest BCUT2D eigenvalue weighted by Crippen LogP contribution is 2.34. The van der Waals surface area contributed by atoms with E-state index >= 15 is 0 Å². The van der Waals surface area contributed by atoms with Crippen LogP contribution in [-0.2, 0) is 10.0 Å². The lowest BCUT2D eigenvalue weighted by molar-refractivity contribution is 0.565. The van der Waals surface area contributed by atoms with E-state index in [1.807, 2.05) is 60.6 Å². The second kappa shape index (κ2) is 8.37. The van der Waals surface area contributed by atoms with Crippen LogP contribution in [0.3, 0.4) is 0 Å². The first-order valence-electron chi connectivity index (χ1n) is 8.98. The van der Waals surface area contributed by atoms with E-state index in [4.69, 9.17) is 0 Å². The molecule has 25 heavy (non-hydrogen) atoms. The monoisotopic (exact) mass is 366 g/mol. The van der Waals surface area contributed by atoms with Gasteiger partial charge in [0.1, 0.15) is 0 Å². The van der Waals surface area contributed by atoms with Gasteiger partial charge >= 0.3 is 0 Å². The molecule has 0 atom stereocenters. The quantitative estimate of drug-likeness (QED) is 0.656. The summed E-state index contributed by atoms with van der Waals surface area (Å²) in [7, 11) is -3.68. The predicted molar refractivity (Wildman–Crippen MR) is 106 cm³/mol. The molecule has 0 spiro atoms. The fraction of sp³-hybridized carbons (Fsp3) is 0.600. The summed E-state index contributed by atoms with van der Waals surface area (Å²) in [5, 5.41) is 0. The molecule has 0 aromatic heterocycles. The molecular weight excluding hydrogens is 332 g/mol. The summed E-state index contributed by atoms with van der Waals surface area (Å²) in [6.45, 7) is 18.2. The van der Waals surface area contributed by atoms with Crippen molar-refractivity contribution in [3.8, 4) is 0 Å². The van der Waals surface area contributed by atoms with Crippen molar-refractivity contribution < 1.29 is 8.42 Å². The van der Waals surface area contributed by atoms with Crippen LogP contribution < -0.4 is 10.3 Å². The number of rotatable bonds is 7. The van der Waals surface area contributed by atoms with Gasteiger partial charge in [-0.25, -0.2) is 8.42 Å². The molecule has 1 rings (SSSR count). The third-order valence-electron chi connectivity index (χ3n) is 4.47. The fourth-order valence-corrected chi connectivity index (χ4v) is 4.12. The second-order valence-corrected chi connectivity index (χ2v) is 9.47. The van der Waals surface area contributed by atoms with Gasteiger partial charge in [-0.15, -0.1) is 4.83 Å². The van der Waals surface area contributed by atoms with Gasteiger partial charge in [0.25, 0.3) is 10.0 Å². The van der Waals surface area contributed by atoms with Crippen molar-refractivity contribution in [1.82, 2.24) is 10.3 Å². The van der Waals surface area contributed by atoms with Crippen molar-refractivity contribution in [3.05, 3.63) is 40.1 Å². The Hall–Kier alpha value is -1.33. The van der Waals surface area contributed by atoms with Gasteiger partial charge in [-0.3, -0.25) is 0 Å². The van der Waals surface area contributed by atoms with Crippen LogP contribution in [0.5, 0.6) is 0 Å². The summed E-state index contributed by atoms with van der Waals surface area (Å²) in [5.74, 6) is 0.588. The Morgan fingerprint density at radius 1 is 0.840 bits per heavy atom. The minimum Gasteiger partial charge on any atom is -0.312 e. The zero-order valence-electron chi connectivity index (χ0n) is 17.1. The molecule has 0 radical (unpaired) electrons. The maximum atomic E-state index is 13.1. The fourth-order valence-electron chi connectivity index (χ4n) is 2.52. The zero-order chi connectivity index (χ0) is 19.5. The van der Waals surface area contributed by atoms with Gasteiger partial charge in [-0.1, -0.05) is 59.2 Å². The third-order valence-corrected chi connectivity index (χ3v) is 5.85. The van der Waals surface area contributed by atoms with Crippen molar-refractivity contribution in [2.45, 2.75) is 85.0 Å². The lowest BCUT2D eigenvalue weighted by Gasteiger charge is -2.23. The molecule has 0 aliphatic rings. The molecule has 5 heteroatoms. The van der Waals surface area contributed by atoms with Crippen LogP contribution in [0.4, 0.5) is 0 Å². The van der Waals surface area contributed by atoms with Crippen LogP contribution in [-0.4, -0.2) is 8.42 Å². The van der Waals surface area contributed by atoms with Crippen LogP contribution in [0.2, 0.25) is 0 Å². The van der Waals surface area contributed by atoms with E-state index in [0.717, 1.165) is 22.4 Å². The van der Waals surface area contributed by atoms with E-state index in [1.165, 1.54) is 5.56 Å². The first kappa shape index (κ1) is 21.7. The van der Waals surface area contributed by atoms with Crippen LogP contribution in [0.15, 0.2) is 28.3 Å². The van der Waals surface area contributed by atoms with Crippen LogP contribution >= 0.6 is 0 Å². The minimum absolute atomic E-state index is 0.118. The zero-order valence-corrected chi connectivity index (χ0v) is 17.9. The number of allylic oxidation sites excluding steroid dienone is 2. The van der Waals surface area contributed by atoms with E-state index < -0.39 is 10.0 Å². The van der Waals surface area contributed by atoms with Gasteiger partial charge in [0.15, 0.2) is 0 Å². The lowest BCUT2D eigenvalue weighted by atomic mass is 9.89. The highest BCUT2D eigenvalue weighted by molar-refractivity contribution is 7.89. The molecule has 0 heterocycles. The molecule has 0 aliphatic carbocycles. The summed E-state index contributed by atoms with van der Waals surface area (Å²) >= 11 is 0. The smallest absolute Gasteiger partial charge is 0.257 e. The maximum Gasteiger partial charge on any atom is 0.257 e. The topological polar surface area (TPSA) is 58.2 Å². The molecule has 0 fully saturated rings. The number of nitrogens with one attached hydrogen (secondary N) is 2. The number of benzene rings is 1. The van der Waals surface area contributed by atoms with Gasteiger partial charge in [-0.2, -0.15) is 0 Å². The Labute approximate surface area is 154 Å². The van der Waals surface area contributed by atoms with Gasteiger partial charge < -0.3 is 5.43 Å². The molecule has 1 aromatic rings. The molecule has 0 aliphatic heterocycles. The Morgan fingerprint density at radius 2 is 1.28 bits per heavy atom. The van der Waals surface area contributed by atoms with Crippen molar-refractivity contribution in [2.75, 3.05) is 0 Å². The second-order valence-electron chi connectivity index (χ2n) is 7.85. The Kier molecular flexibility index (Phi) is 7.27. The van der Waals surface area contributed by atoms with E-state index in [2.05, 4.69) is 24.1 Å². The molecule has 0 amide bonds. The molecule has 0 saturated heterocycles. The molecular formula is C20H34N2O2S. The SMILES string of the molecule is CC(C)=C(C)NNS(=O)(=O)c1c(C(C)C)cc(C(C)C)cc1C(C)C. The highest BCUT2D eigenvalue weighted by Gasteiger charge is 2.26. The summed E-state index contributed by atoms with van der Waals surface area (Å²) in [4.78, 5) is 2.97. The third kappa shape index (κ3) is 5.32. The molecule has 0 saturated carbocycles. The van der Waals surface area contributed by atoms with E-state index in [1.54, 1.807) is 0 Å². The van der Waals surface area contributed by atoms with Crippen molar-refractivity contribution in [1.29, 1.82) is 0 Å². The van der Waals surface area contributed by atoms with Crippen LogP contribution in [0.1, 0.15) is 96.8 Å². The normalized spacial score (nSPS) is 12.2. The van der Waals surface area contributed by atoms with Gasteiger partial charge in [-0.05, 0) is 55.2 Å². The molecule has 2 N–H and O–H groups in total. The van der Waals surface area contributed by atoms with Gasteiger partial charge in [0.2, 0.25) is 0 Å². The van der Waals surface area contributed by atoms with Crippen LogP contribution in [0.25, 0.3) is 0 Å². The highest BCUT2D eigenvalue weighted by atomic mass is 32.2. The molecule has 1 aromatic carbocycles. The van der Waals surface area contributed by atoms with Crippen LogP contribution in [0, 0.1) is 0 Å².